The Labute approximate surface area is 176 Å². The van der Waals surface area contributed by atoms with Gasteiger partial charge in [0.2, 0.25) is 17.7 Å². The van der Waals surface area contributed by atoms with Crippen LogP contribution in [0, 0.1) is 11.8 Å². The van der Waals surface area contributed by atoms with Gasteiger partial charge in [-0.2, -0.15) is 0 Å². The molecule has 7 N–H and O–H groups in total. The summed E-state index contributed by atoms with van der Waals surface area (Å²) < 4.78 is 0. The minimum absolute atomic E-state index is 0.0856. The van der Waals surface area contributed by atoms with Gasteiger partial charge in [0.05, 0.1) is 12.5 Å². The maximum Gasteiger partial charge on any atom is 0.326 e. The van der Waals surface area contributed by atoms with Gasteiger partial charge in [-0.3, -0.25) is 19.2 Å². The molecule has 11 nitrogen and oxygen atoms in total. The van der Waals surface area contributed by atoms with Gasteiger partial charge in [0, 0.05) is 0 Å². The van der Waals surface area contributed by atoms with Gasteiger partial charge in [0.25, 0.3) is 0 Å². The van der Waals surface area contributed by atoms with Gasteiger partial charge in [0.15, 0.2) is 0 Å². The second-order valence-corrected chi connectivity index (χ2v) is 7.51. The fourth-order valence-electron chi connectivity index (χ4n) is 2.50. The zero-order valence-corrected chi connectivity index (χ0v) is 18.1. The third-order valence-corrected chi connectivity index (χ3v) is 5.10. The molecule has 6 unspecified atom stereocenters. The summed E-state index contributed by atoms with van der Waals surface area (Å²) in [6.45, 7) is 8.65. The van der Waals surface area contributed by atoms with Gasteiger partial charge in [-0.25, -0.2) is 4.79 Å². The third kappa shape index (κ3) is 8.76. The standard InChI is InChI=1S/C19H34N4O7/c1-6-9(3)14(20)17(27)23-15(10(4)7-2)18(28)21-11(5)16(26)22-12(19(29)30)8-13(24)25/h9-12,14-15H,6-8,20H2,1-5H3,(H,21,28)(H,22,26)(H,23,27)(H,24,25)(H,29,30). The summed E-state index contributed by atoms with van der Waals surface area (Å²) in [7, 11) is 0. The number of carboxylic acid groups (broad SMARTS) is 2. The number of amides is 3. The highest BCUT2D eigenvalue weighted by Crippen LogP contribution is 2.11. The van der Waals surface area contributed by atoms with Crippen molar-refractivity contribution in [3.8, 4) is 0 Å². The summed E-state index contributed by atoms with van der Waals surface area (Å²) in [6.07, 6.45) is 0.449. The van der Waals surface area contributed by atoms with Crippen LogP contribution in [0.5, 0.6) is 0 Å². The number of carbonyl (C=O) groups is 5. The largest absolute Gasteiger partial charge is 0.481 e. The van der Waals surface area contributed by atoms with E-state index in [1.54, 1.807) is 6.92 Å². The fourth-order valence-corrected chi connectivity index (χ4v) is 2.50. The number of rotatable bonds is 13. The maximum atomic E-state index is 12.7. The second kappa shape index (κ2) is 12.8. The van der Waals surface area contributed by atoms with Gasteiger partial charge >= 0.3 is 11.9 Å². The first-order chi connectivity index (χ1) is 13.8. The minimum Gasteiger partial charge on any atom is -0.481 e. The predicted octanol–water partition coefficient (Wildman–Crippen LogP) is -0.560. The monoisotopic (exact) mass is 430 g/mol. The smallest absolute Gasteiger partial charge is 0.326 e. The van der Waals surface area contributed by atoms with Crippen molar-refractivity contribution >= 4 is 29.7 Å². The first kappa shape index (κ1) is 27.3. The van der Waals surface area contributed by atoms with Crippen molar-refractivity contribution in [3.63, 3.8) is 0 Å². The lowest BCUT2D eigenvalue weighted by molar-refractivity contribution is -0.147. The summed E-state index contributed by atoms with van der Waals surface area (Å²) in [6, 6.07) is -4.52. The highest BCUT2D eigenvalue weighted by Gasteiger charge is 2.32. The molecule has 0 radical (unpaired) electrons. The molecule has 172 valence electrons. The molecule has 0 aromatic carbocycles. The summed E-state index contributed by atoms with van der Waals surface area (Å²) in [5.41, 5.74) is 5.92. The number of nitrogens with one attached hydrogen (secondary N) is 3. The zero-order chi connectivity index (χ0) is 23.6. The molecule has 0 rings (SSSR count). The van der Waals surface area contributed by atoms with Crippen LogP contribution >= 0.6 is 0 Å². The van der Waals surface area contributed by atoms with Crippen LogP contribution < -0.4 is 21.7 Å². The van der Waals surface area contributed by atoms with Crippen LogP contribution in [0.3, 0.4) is 0 Å². The Hall–Kier alpha value is -2.69. The van der Waals surface area contributed by atoms with Gasteiger partial charge in [0.1, 0.15) is 18.1 Å². The van der Waals surface area contributed by atoms with Crippen LogP contribution in [0.25, 0.3) is 0 Å². The van der Waals surface area contributed by atoms with Crippen molar-refractivity contribution in [1.29, 1.82) is 0 Å². The van der Waals surface area contributed by atoms with Crippen LogP contribution in [0.2, 0.25) is 0 Å². The molecule has 0 aromatic heterocycles. The number of carboxylic acids is 2. The summed E-state index contributed by atoms with van der Waals surface area (Å²) in [5.74, 6) is -5.20. The molecule has 0 saturated carbocycles. The number of aliphatic carboxylic acids is 2. The van der Waals surface area contributed by atoms with Gasteiger partial charge in [-0.1, -0.05) is 40.5 Å². The molecule has 6 atom stereocenters. The van der Waals surface area contributed by atoms with Crippen molar-refractivity contribution in [1.82, 2.24) is 16.0 Å². The van der Waals surface area contributed by atoms with E-state index >= 15 is 0 Å². The molecule has 0 spiro atoms. The average Bonchev–Trinajstić information content (AvgIpc) is 2.68. The molecular formula is C19H34N4O7. The highest BCUT2D eigenvalue weighted by atomic mass is 16.4. The van der Waals surface area contributed by atoms with Crippen molar-refractivity contribution in [2.75, 3.05) is 0 Å². The fraction of sp³-hybridized carbons (Fsp3) is 0.737. The van der Waals surface area contributed by atoms with E-state index in [1.807, 2.05) is 20.8 Å². The molecule has 0 bridgehead atoms. The van der Waals surface area contributed by atoms with Crippen molar-refractivity contribution < 1.29 is 34.2 Å². The zero-order valence-electron chi connectivity index (χ0n) is 18.1. The quantitative estimate of drug-likeness (QED) is 0.224. The molecular weight excluding hydrogens is 396 g/mol. The SMILES string of the molecule is CCC(C)C(N)C(=O)NC(C(=O)NC(C)C(=O)NC(CC(=O)O)C(=O)O)C(C)CC. The molecule has 0 heterocycles. The van der Waals surface area contributed by atoms with Crippen molar-refractivity contribution in [3.05, 3.63) is 0 Å². The van der Waals surface area contributed by atoms with E-state index in [9.17, 15) is 24.0 Å². The Balaban J connectivity index is 5.17. The summed E-state index contributed by atoms with van der Waals surface area (Å²) >= 11 is 0. The second-order valence-electron chi connectivity index (χ2n) is 7.51. The Morgan fingerprint density at radius 2 is 1.33 bits per heavy atom. The van der Waals surface area contributed by atoms with E-state index in [0.29, 0.717) is 12.8 Å². The van der Waals surface area contributed by atoms with E-state index in [1.165, 1.54) is 6.92 Å². The lowest BCUT2D eigenvalue weighted by Crippen LogP contribution is -2.58. The van der Waals surface area contributed by atoms with Crippen LogP contribution in [0.15, 0.2) is 0 Å². The lowest BCUT2D eigenvalue weighted by atomic mass is 9.95. The molecule has 11 heteroatoms. The van der Waals surface area contributed by atoms with Gasteiger partial charge in [-0.15, -0.1) is 0 Å². The normalized spacial score (nSPS) is 16.9. The predicted molar refractivity (Wildman–Crippen MR) is 108 cm³/mol. The lowest BCUT2D eigenvalue weighted by Gasteiger charge is -2.27. The number of hydrogen-bond donors (Lipinski definition) is 6. The Kier molecular flexibility index (Phi) is 11.6. The summed E-state index contributed by atoms with van der Waals surface area (Å²) in [5, 5.41) is 24.9. The topological polar surface area (TPSA) is 188 Å². The Morgan fingerprint density at radius 1 is 0.800 bits per heavy atom. The van der Waals surface area contributed by atoms with E-state index in [0.717, 1.165) is 0 Å². The first-order valence-electron chi connectivity index (χ1n) is 9.96. The number of carbonyl (C=O) groups excluding carboxylic acids is 3. The van der Waals surface area contributed by atoms with Crippen LogP contribution in [0.1, 0.15) is 53.9 Å². The van der Waals surface area contributed by atoms with E-state index < -0.39 is 60.2 Å². The molecule has 0 aromatic rings. The number of nitrogens with two attached hydrogens (primary N) is 1. The molecule has 0 aliphatic rings. The maximum absolute atomic E-state index is 12.7. The third-order valence-electron chi connectivity index (χ3n) is 5.10. The first-order valence-corrected chi connectivity index (χ1v) is 9.96. The van der Waals surface area contributed by atoms with Gasteiger partial charge in [-0.05, 0) is 18.8 Å². The van der Waals surface area contributed by atoms with Crippen LogP contribution in [-0.2, 0) is 24.0 Å². The van der Waals surface area contributed by atoms with E-state index in [4.69, 9.17) is 15.9 Å². The van der Waals surface area contributed by atoms with Crippen LogP contribution in [-0.4, -0.2) is 64.0 Å². The Morgan fingerprint density at radius 3 is 1.77 bits per heavy atom. The summed E-state index contributed by atoms with van der Waals surface area (Å²) in [4.78, 5) is 59.1. The molecule has 3 amide bonds. The Bertz CT molecular complexity index is 640. The molecule has 0 aliphatic heterocycles. The van der Waals surface area contributed by atoms with Crippen molar-refractivity contribution in [2.45, 2.75) is 78.0 Å². The average molecular weight is 431 g/mol. The number of hydrogen-bond acceptors (Lipinski definition) is 6. The van der Waals surface area contributed by atoms with E-state index in [-0.39, 0.29) is 11.8 Å². The minimum atomic E-state index is -1.63. The molecule has 0 fully saturated rings. The molecule has 0 saturated heterocycles. The van der Waals surface area contributed by atoms with Crippen molar-refractivity contribution in [2.24, 2.45) is 17.6 Å². The van der Waals surface area contributed by atoms with Gasteiger partial charge < -0.3 is 31.9 Å². The highest BCUT2D eigenvalue weighted by molar-refractivity contribution is 5.94. The molecule has 0 aliphatic carbocycles. The van der Waals surface area contributed by atoms with Crippen LogP contribution in [0.4, 0.5) is 0 Å². The molecule has 30 heavy (non-hydrogen) atoms. The van der Waals surface area contributed by atoms with E-state index in [2.05, 4.69) is 16.0 Å².